The predicted octanol–water partition coefficient (Wildman–Crippen LogP) is 1.80. The third kappa shape index (κ3) is 4.84. The van der Waals surface area contributed by atoms with Crippen LogP contribution in [-0.2, 0) is 11.8 Å². The normalized spacial score (nSPS) is 12.7. The highest BCUT2D eigenvalue weighted by atomic mass is 16.7. The molecule has 1 aliphatic heterocycles. The van der Waals surface area contributed by atoms with Crippen LogP contribution >= 0.6 is 0 Å². The highest BCUT2D eigenvalue weighted by Crippen LogP contribution is 2.32. The number of methoxy groups -OCH3 is 2. The molecule has 0 bridgehead atoms. The number of imidazole rings is 1. The number of carbonyl (C=O) groups excluding carboxylic acids is 2. The summed E-state index contributed by atoms with van der Waals surface area (Å²) in [5, 5.41) is 5.56. The molecule has 3 aromatic rings. The Morgan fingerprint density at radius 1 is 1.09 bits per heavy atom. The minimum Gasteiger partial charge on any atom is -0.497 e. The summed E-state index contributed by atoms with van der Waals surface area (Å²) in [7, 11) is 4.94. The van der Waals surface area contributed by atoms with Gasteiger partial charge in [0.15, 0.2) is 11.5 Å². The number of benzene rings is 2. The van der Waals surface area contributed by atoms with Gasteiger partial charge in [-0.05, 0) is 35.9 Å². The predicted molar refractivity (Wildman–Crippen MR) is 118 cm³/mol. The van der Waals surface area contributed by atoms with Gasteiger partial charge in [-0.25, -0.2) is 4.98 Å². The first-order valence-corrected chi connectivity index (χ1v) is 10.2. The van der Waals surface area contributed by atoms with Crippen LogP contribution in [0, 0.1) is 0 Å². The number of nitrogens with one attached hydrogen (secondary N) is 2. The average Bonchev–Trinajstić information content (AvgIpc) is 3.48. The largest absolute Gasteiger partial charge is 0.497 e. The molecule has 0 radical (unpaired) electrons. The maximum atomic E-state index is 12.8. The number of ether oxygens (including phenoxy) is 4. The molecule has 33 heavy (non-hydrogen) atoms. The molecule has 0 unspecified atom stereocenters. The smallest absolute Gasteiger partial charge is 0.251 e. The number of aryl methyl sites for hydroxylation is 1. The molecule has 0 fully saturated rings. The first kappa shape index (κ1) is 22.0. The molecule has 2 N–H and O–H groups in total. The summed E-state index contributed by atoms with van der Waals surface area (Å²) in [5.74, 6) is 2.05. The van der Waals surface area contributed by atoms with E-state index in [1.165, 1.54) is 0 Å². The lowest BCUT2D eigenvalue weighted by molar-refractivity contribution is -0.120. The number of nitrogens with zero attached hydrogens (tertiary/aromatic N) is 2. The number of rotatable bonds is 8. The van der Waals surface area contributed by atoms with Gasteiger partial charge >= 0.3 is 0 Å². The van der Waals surface area contributed by atoms with Crippen LogP contribution in [0.4, 0.5) is 0 Å². The van der Waals surface area contributed by atoms with E-state index in [9.17, 15) is 9.59 Å². The van der Waals surface area contributed by atoms with Crippen molar-refractivity contribution < 1.29 is 28.5 Å². The SMILES string of the molecule is COc1cc(OC)cc([C@H](NC(=O)CNC(=O)c2ccc3c(c2)OCO3)c2nccn2C)c1. The minimum absolute atomic E-state index is 0.118. The lowest BCUT2D eigenvalue weighted by Crippen LogP contribution is -2.39. The Kier molecular flexibility index (Phi) is 6.34. The van der Waals surface area contributed by atoms with Crippen molar-refractivity contribution in [3.63, 3.8) is 0 Å². The third-order valence-corrected chi connectivity index (χ3v) is 5.17. The van der Waals surface area contributed by atoms with Crippen molar-refractivity contribution >= 4 is 11.8 Å². The van der Waals surface area contributed by atoms with Crippen molar-refractivity contribution in [3.8, 4) is 23.0 Å². The van der Waals surface area contributed by atoms with Crippen molar-refractivity contribution in [1.82, 2.24) is 20.2 Å². The number of hydrogen-bond acceptors (Lipinski definition) is 7. The number of fused-ring (bicyclic) bond motifs is 1. The molecule has 1 aliphatic rings. The van der Waals surface area contributed by atoms with Crippen LogP contribution in [0.2, 0.25) is 0 Å². The van der Waals surface area contributed by atoms with E-state index < -0.39 is 11.9 Å². The second-order valence-corrected chi connectivity index (χ2v) is 7.29. The molecule has 10 nitrogen and oxygen atoms in total. The molecule has 0 aliphatic carbocycles. The first-order valence-electron chi connectivity index (χ1n) is 10.2. The van der Waals surface area contributed by atoms with E-state index in [-0.39, 0.29) is 19.2 Å². The molecule has 1 atom stereocenters. The van der Waals surface area contributed by atoms with Gasteiger partial charge < -0.3 is 34.1 Å². The monoisotopic (exact) mass is 452 g/mol. The highest BCUT2D eigenvalue weighted by Gasteiger charge is 2.23. The van der Waals surface area contributed by atoms with Gasteiger partial charge in [-0.1, -0.05) is 0 Å². The molecule has 2 heterocycles. The van der Waals surface area contributed by atoms with Crippen LogP contribution in [0.1, 0.15) is 27.8 Å². The van der Waals surface area contributed by atoms with E-state index in [4.69, 9.17) is 18.9 Å². The van der Waals surface area contributed by atoms with Crippen molar-refractivity contribution in [2.75, 3.05) is 27.6 Å². The molecule has 10 heteroatoms. The fourth-order valence-corrected chi connectivity index (χ4v) is 3.46. The van der Waals surface area contributed by atoms with Gasteiger partial charge in [0.25, 0.3) is 5.91 Å². The maximum absolute atomic E-state index is 12.8. The van der Waals surface area contributed by atoms with E-state index in [1.807, 2.05) is 11.6 Å². The Labute approximate surface area is 190 Å². The fraction of sp³-hybridized carbons (Fsp3) is 0.261. The van der Waals surface area contributed by atoms with Gasteiger partial charge in [-0.15, -0.1) is 0 Å². The highest BCUT2D eigenvalue weighted by molar-refractivity contribution is 5.97. The van der Waals surface area contributed by atoms with E-state index in [0.29, 0.717) is 34.4 Å². The first-order chi connectivity index (χ1) is 16.0. The van der Waals surface area contributed by atoms with Crippen LogP contribution in [0.3, 0.4) is 0 Å². The van der Waals surface area contributed by atoms with Crippen LogP contribution in [0.25, 0.3) is 0 Å². The summed E-state index contributed by atoms with van der Waals surface area (Å²) in [6.45, 7) is -0.109. The minimum atomic E-state index is -0.594. The fourth-order valence-electron chi connectivity index (χ4n) is 3.46. The molecule has 172 valence electrons. The Hall–Kier alpha value is -4.21. The zero-order chi connectivity index (χ0) is 23.4. The lowest BCUT2D eigenvalue weighted by atomic mass is 10.0. The molecule has 2 aromatic carbocycles. The summed E-state index contributed by atoms with van der Waals surface area (Å²) >= 11 is 0. The summed E-state index contributed by atoms with van der Waals surface area (Å²) in [6, 6.07) is 9.59. The standard InChI is InChI=1S/C23H24N4O6/c1-27-7-6-24-22(27)21(15-8-16(30-2)11-17(9-15)31-3)26-20(28)12-25-23(29)14-4-5-18-19(10-14)33-13-32-18/h4-11,21H,12-13H2,1-3H3,(H,25,29)(H,26,28)/t21-/m0/s1. The van der Waals surface area contributed by atoms with Gasteiger partial charge in [0.2, 0.25) is 12.7 Å². The van der Waals surface area contributed by atoms with Crippen LogP contribution < -0.4 is 29.6 Å². The average molecular weight is 452 g/mol. The molecular formula is C23H24N4O6. The van der Waals surface area contributed by atoms with Gasteiger partial charge in [0.05, 0.1) is 20.8 Å². The molecule has 4 rings (SSSR count). The lowest BCUT2D eigenvalue weighted by Gasteiger charge is -2.20. The molecule has 0 saturated carbocycles. The summed E-state index contributed by atoms with van der Waals surface area (Å²) < 4.78 is 23.1. The maximum Gasteiger partial charge on any atom is 0.251 e. The van der Waals surface area contributed by atoms with E-state index in [2.05, 4.69) is 15.6 Å². The Morgan fingerprint density at radius 3 is 2.48 bits per heavy atom. The number of hydrogen-bond donors (Lipinski definition) is 2. The van der Waals surface area contributed by atoms with Crippen molar-refractivity contribution in [3.05, 3.63) is 65.7 Å². The molecular weight excluding hydrogens is 428 g/mol. The Morgan fingerprint density at radius 2 is 1.82 bits per heavy atom. The molecule has 2 amide bonds. The molecule has 0 saturated heterocycles. The number of amides is 2. The van der Waals surface area contributed by atoms with Crippen LogP contribution in [0.5, 0.6) is 23.0 Å². The Bertz CT molecular complexity index is 1150. The Balaban J connectivity index is 1.49. The zero-order valence-electron chi connectivity index (χ0n) is 18.5. The summed E-state index contributed by atoms with van der Waals surface area (Å²) in [6.07, 6.45) is 3.43. The van der Waals surface area contributed by atoms with Gasteiger partial charge in [-0.2, -0.15) is 0 Å². The van der Waals surface area contributed by atoms with Crippen LogP contribution in [0.15, 0.2) is 48.8 Å². The van der Waals surface area contributed by atoms with Crippen molar-refractivity contribution in [2.24, 2.45) is 7.05 Å². The van der Waals surface area contributed by atoms with E-state index in [1.54, 1.807) is 63.0 Å². The van der Waals surface area contributed by atoms with E-state index >= 15 is 0 Å². The van der Waals surface area contributed by atoms with Crippen LogP contribution in [-0.4, -0.2) is 48.9 Å². The number of carbonyl (C=O) groups is 2. The summed E-state index contributed by atoms with van der Waals surface area (Å²) in [5.41, 5.74) is 1.08. The zero-order valence-corrected chi connectivity index (χ0v) is 18.5. The van der Waals surface area contributed by atoms with Crippen molar-refractivity contribution in [2.45, 2.75) is 6.04 Å². The quantitative estimate of drug-likeness (QED) is 0.536. The second-order valence-electron chi connectivity index (χ2n) is 7.29. The molecule has 1 aromatic heterocycles. The second kappa shape index (κ2) is 9.51. The van der Waals surface area contributed by atoms with E-state index in [0.717, 1.165) is 5.56 Å². The third-order valence-electron chi connectivity index (χ3n) is 5.17. The van der Waals surface area contributed by atoms with Gasteiger partial charge in [-0.3, -0.25) is 9.59 Å². The van der Waals surface area contributed by atoms with Gasteiger partial charge in [0.1, 0.15) is 23.4 Å². The molecule has 0 spiro atoms. The van der Waals surface area contributed by atoms with Gasteiger partial charge in [0, 0.05) is 31.1 Å². The summed E-state index contributed by atoms with van der Waals surface area (Å²) in [4.78, 5) is 29.7. The topological polar surface area (TPSA) is 113 Å². The van der Waals surface area contributed by atoms with Crippen molar-refractivity contribution in [1.29, 1.82) is 0 Å². The number of aromatic nitrogens is 2.